The van der Waals surface area contributed by atoms with E-state index in [0.29, 0.717) is 19.3 Å². The van der Waals surface area contributed by atoms with E-state index in [1.54, 1.807) is 0 Å². The quantitative estimate of drug-likeness (QED) is 0.0261. The molecule has 0 aliphatic heterocycles. The third-order valence-corrected chi connectivity index (χ3v) is 15.8. The van der Waals surface area contributed by atoms with E-state index in [0.717, 1.165) is 96.3 Å². The summed E-state index contributed by atoms with van der Waals surface area (Å²) in [5.41, 5.74) is 0. The van der Waals surface area contributed by atoms with E-state index < -0.39 is 6.10 Å². The minimum Gasteiger partial charge on any atom is -0.462 e. The third kappa shape index (κ3) is 65.9. The van der Waals surface area contributed by atoms with Gasteiger partial charge in [-0.05, 0) is 83.5 Å². The van der Waals surface area contributed by atoms with Gasteiger partial charge in [-0.25, -0.2) is 0 Å². The van der Waals surface area contributed by atoms with E-state index in [2.05, 4.69) is 81.5 Å². The Morgan fingerprint density at radius 3 is 0.775 bits per heavy atom. The van der Waals surface area contributed by atoms with Crippen molar-refractivity contribution in [1.29, 1.82) is 0 Å². The summed E-state index contributed by atoms with van der Waals surface area (Å²) in [6.45, 7) is 6.57. The van der Waals surface area contributed by atoms with Crippen molar-refractivity contribution in [2.45, 2.75) is 380 Å². The van der Waals surface area contributed by atoms with Crippen LogP contribution < -0.4 is 0 Å². The second-order valence-electron chi connectivity index (χ2n) is 23.8. The van der Waals surface area contributed by atoms with Gasteiger partial charge in [0.25, 0.3) is 0 Å². The Morgan fingerprint density at radius 1 is 0.263 bits per heavy atom. The van der Waals surface area contributed by atoms with Crippen molar-refractivity contribution in [2.75, 3.05) is 13.2 Å². The van der Waals surface area contributed by atoms with Gasteiger partial charge in [0.05, 0.1) is 0 Å². The van der Waals surface area contributed by atoms with Gasteiger partial charge >= 0.3 is 17.9 Å². The van der Waals surface area contributed by atoms with Gasteiger partial charge in [0.2, 0.25) is 0 Å². The van der Waals surface area contributed by atoms with Crippen molar-refractivity contribution in [3.05, 3.63) is 60.8 Å². The highest BCUT2D eigenvalue weighted by molar-refractivity contribution is 5.71. The molecule has 0 spiro atoms. The van der Waals surface area contributed by atoms with Crippen molar-refractivity contribution >= 4 is 17.9 Å². The first-order chi connectivity index (χ1) is 39.5. The Bertz CT molecular complexity index is 1430. The summed E-state index contributed by atoms with van der Waals surface area (Å²) < 4.78 is 17.0. The molecule has 0 radical (unpaired) electrons. The van der Waals surface area contributed by atoms with E-state index in [9.17, 15) is 14.4 Å². The first kappa shape index (κ1) is 77.1. The van der Waals surface area contributed by atoms with E-state index in [-0.39, 0.29) is 31.1 Å². The molecule has 0 amide bonds. The van der Waals surface area contributed by atoms with Crippen molar-refractivity contribution in [3.63, 3.8) is 0 Å². The zero-order chi connectivity index (χ0) is 57.8. The molecule has 0 N–H and O–H groups in total. The molecule has 0 aliphatic rings. The van der Waals surface area contributed by atoms with Crippen molar-refractivity contribution in [2.24, 2.45) is 0 Å². The highest BCUT2D eigenvalue weighted by atomic mass is 16.6. The molecule has 1 atom stereocenters. The minimum absolute atomic E-state index is 0.0797. The number of ether oxygens (including phenoxy) is 3. The van der Waals surface area contributed by atoms with Crippen LogP contribution in [0.3, 0.4) is 0 Å². The fraction of sp³-hybridized carbons (Fsp3) is 0.824. The van der Waals surface area contributed by atoms with Crippen LogP contribution in [0.5, 0.6) is 0 Å². The highest BCUT2D eigenvalue weighted by Crippen LogP contribution is 2.18. The molecule has 0 rings (SSSR count). The van der Waals surface area contributed by atoms with Crippen molar-refractivity contribution in [1.82, 2.24) is 0 Å². The van der Waals surface area contributed by atoms with Crippen molar-refractivity contribution in [3.8, 4) is 0 Å². The Hall–Kier alpha value is -2.89. The van der Waals surface area contributed by atoms with Crippen LogP contribution in [-0.2, 0) is 28.6 Å². The molecule has 0 aromatic rings. The van der Waals surface area contributed by atoms with Crippen LogP contribution in [0, 0.1) is 0 Å². The van der Waals surface area contributed by atoms with Gasteiger partial charge in [0, 0.05) is 19.3 Å². The second-order valence-corrected chi connectivity index (χ2v) is 23.8. The maximum absolute atomic E-state index is 12.9. The minimum atomic E-state index is -0.786. The smallest absolute Gasteiger partial charge is 0.306 e. The Kier molecular flexibility index (Phi) is 66.1. The lowest BCUT2D eigenvalue weighted by Crippen LogP contribution is -2.30. The SMILES string of the molecule is CC/C=C\C/C=C\C/C=C\C/C=C\CCCCCCC(=O)OC(COC(=O)CCCCCCCCCCCCCCCCCC)COC(=O)CCCCCCCCCCCCCCCCCCC/C=C\CCCCCCCCCC. The molecular formula is C74H134O6. The lowest BCUT2D eigenvalue weighted by atomic mass is 10.0. The van der Waals surface area contributed by atoms with E-state index in [1.807, 2.05) is 0 Å². The topological polar surface area (TPSA) is 78.9 Å². The van der Waals surface area contributed by atoms with Crippen LogP contribution in [-0.4, -0.2) is 37.2 Å². The number of hydrogen-bond acceptors (Lipinski definition) is 6. The largest absolute Gasteiger partial charge is 0.462 e. The molecule has 80 heavy (non-hydrogen) atoms. The molecule has 0 aromatic carbocycles. The zero-order valence-electron chi connectivity index (χ0n) is 53.6. The predicted octanol–water partition coefficient (Wildman–Crippen LogP) is 24.3. The molecule has 6 heteroatoms. The van der Waals surface area contributed by atoms with Gasteiger partial charge in [-0.2, -0.15) is 0 Å². The highest BCUT2D eigenvalue weighted by Gasteiger charge is 2.19. The average Bonchev–Trinajstić information content (AvgIpc) is 3.46. The van der Waals surface area contributed by atoms with Gasteiger partial charge in [0.15, 0.2) is 6.10 Å². The number of carbonyl (C=O) groups is 3. The van der Waals surface area contributed by atoms with Gasteiger partial charge in [-0.15, -0.1) is 0 Å². The molecule has 0 heterocycles. The van der Waals surface area contributed by atoms with Crippen LogP contribution in [0.2, 0.25) is 0 Å². The maximum Gasteiger partial charge on any atom is 0.306 e. The second kappa shape index (κ2) is 68.6. The summed E-state index contributed by atoms with van der Waals surface area (Å²) in [6.07, 6.45) is 88.3. The average molecular weight is 1120 g/mol. The standard InChI is InChI=1S/C74H134O6/c1-4-7-10-13-16-19-22-25-28-31-32-33-34-35-36-37-38-39-40-41-42-44-46-49-52-55-58-61-64-67-73(76)79-70-71(69-78-72(75)66-63-60-57-54-51-48-45-30-27-24-21-18-15-12-9-6-3)80-74(77)68-65-62-59-56-53-50-47-43-29-26-23-20-17-14-11-8-5-2/h8,11,17,20,26,29,31-32,47,50,71H,4-7,9-10,12-16,18-19,21-25,27-28,30,33-46,48-49,51-70H2,1-3H3/b11-8-,20-17-,29-26-,32-31-,50-47-. The fourth-order valence-corrected chi connectivity index (χ4v) is 10.5. The third-order valence-electron chi connectivity index (χ3n) is 15.8. The summed E-state index contributed by atoms with van der Waals surface area (Å²) in [6, 6.07) is 0. The van der Waals surface area contributed by atoms with E-state index in [4.69, 9.17) is 14.2 Å². The normalized spacial score (nSPS) is 12.4. The fourth-order valence-electron chi connectivity index (χ4n) is 10.5. The molecule has 0 aromatic heterocycles. The lowest BCUT2D eigenvalue weighted by Gasteiger charge is -2.18. The van der Waals surface area contributed by atoms with Gasteiger partial charge < -0.3 is 14.2 Å². The number of carbonyl (C=O) groups excluding carboxylic acids is 3. The van der Waals surface area contributed by atoms with Crippen molar-refractivity contribution < 1.29 is 28.6 Å². The summed E-state index contributed by atoms with van der Waals surface area (Å²) in [5.74, 6) is -0.879. The van der Waals surface area contributed by atoms with Crippen LogP contribution in [0.25, 0.3) is 0 Å². The van der Waals surface area contributed by atoms with Gasteiger partial charge in [-0.3, -0.25) is 14.4 Å². The first-order valence-corrected chi connectivity index (χ1v) is 35.3. The summed E-state index contributed by atoms with van der Waals surface area (Å²) >= 11 is 0. The Morgan fingerprint density at radius 2 is 0.487 bits per heavy atom. The first-order valence-electron chi connectivity index (χ1n) is 35.3. The van der Waals surface area contributed by atoms with E-state index in [1.165, 1.54) is 238 Å². The molecule has 466 valence electrons. The predicted molar refractivity (Wildman–Crippen MR) is 348 cm³/mol. The summed E-state index contributed by atoms with van der Waals surface area (Å²) in [5, 5.41) is 0. The zero-order valence-corrected chi connectivity index (χ0v) is 53.6. The van der Waals surface area contributed by atoms with Crippen LogP contribution in [0.15, 0.2) is 60.8 Å². The van der Waals surface area contributed by atoms with Crippen LogP contribution in [0.1, 0.15) is 374 Å². The maximum atomic E-state index is 12.9. The van der Waals surface area contributed by atoms with Crippen LogP contribution in [0.4, 0.5) is 0 Å². The lowest BCUT2D eigenvalue weighted by molar-refractivity contribution is -0.167. The molecule has 0 saturated carbocycles. The molecule has 0 saturated heterocycles. The molecular weight excluding hydrogens is 985 g/mol. The van der Waals surface area contributed by atoms with Gasteiger partial charge in [0.1, 0.15) is 13.2 Å². The summed E-state index contributed by atoms with van der Waals surface area (Å²) in [4.78, 5) is 38.4. The van der Waals surface area contributed by atoms with Gasteiger partial charge in [-0.1, -0.05) is 332 Å². The molecule has 0 aliphatic carbocycles. The van der Waals surface area contributed by atoms with E-state index >= 15 is 0 Å². The molecule has 6 nitrogen and oxygen atoms in total. The molecule has 1 unspecified atom stereocenters. The number of esters is 3. The number of allylic oxidation sites excluding steroid dienone is 10. The Labute approximate surface area is 498 Å². The number of unbranched alkanes of at least 4 members (excludes halogenated alkanes) is 44. The number of hydrogen-bond donors (Lipinski definition) is 0. The molecule has 0 bridgehead atoms. The number of rotatable bonds is 65. The Balaban J connectivity index is 4.24. The monoisotopic (exact) mass is 1120 g/mol. The molecule has 0 fully saturated rings. The van der Waals surface area contributed by atoms with Crippen LogP contribution >= 0.6 is 0 Å². The summed E-state index contributed by atoms with van der Waals surface area (Å²) in [7, 11) is 0.